The molecule has 3 rings (SSSR count). The summed E-state index contributed by atoms with van der Waals surface area (Å²) in [6, 6.07) is 12.6. The van der Waals surface area contributed by atoms with Crippen LogP contribution in [0.1, 0.15) is 30.6 Å². The molecule has 0 aromatic heterocycles. The van der Waals surface area contributed by atoms with Crippen molar-refractivity contribution in [2.45, 2.75) is 26.3 Å². The van der Waals surface area contributed by atoms with E-state index in [0.29, 0.717) is 22.6 Å². The number of nitrogens with one attached hydrogen (secondary N) is 2. The van der Waals surface area contributed by atoms with Crippen LogP contribution in [0.3, 0.4) is 0 Å². The van der Waals surface area contributed by atoms with Crippen molar-refractivity contribution in [1.82, 2.24) is 0 Å². The van der Waals surface area contributed by atoms with Gasteiger partial charge in [0.2, 0.25) is 11.8 Å². The first kappa shape index (κ1) is 18.3. The standard InChI is InChI=1S/C20H19N3O4/c1-12(24)14-5-3-8-17(9-14)23-19(26)11-18(20(23)27)22-16-7-4-6-15(10-16)21-13(2)25/h3-10,18,22H,11H2,1-2H3,(H,21,25)/t18-/m0/s1. The number of rotatable bonds is 5. The number of hydrogen-bond acceptors (Lipinski definition) is 5. The Kier molecular flexibility index (Phi) is 5.03. The third kappa shape index (κ3) is 4.03. The summed E-state index contributed by atoms with van der Waals surface area (Å²) in [6.07, 6.45) is 0.00744. The van der Waals surface area contributed by atoms with Gasteiger partial charge in [-0.2, -0.15) is 0 Å². The maximum Gasteiger partial charge on any atom is 0.256 e. The monoisotopic (exact) mass is 365 g/mol. The van der Waals surface area contributed by atoms with Crippen molar-refractivity contribution < 1.29 is 19.2 Å². The van der Waals surface area contributed by atoms with E-state index < -0.39 is 6.04 Å². The first-order valence-corrected chi connectivity index (χ1v) is 8.47. The summed E-state index contributed by atoms with van der Waals surface area (Å²) in [5.41, 5.74) is 2.03. The largest absolute Gasteiger partial charge is 0.373 e. The van der Waals surface area contributed by atoms with Gasteiger partial charge in [-0.1, -0.05) is 18.2 Å². The van der Waals surface area contributed by atoms with Crippen molar-refractivity contribution in [3.05, 3.63) is 54.1 Å². The molecule has 1 aliphatic heterocycles. The summed E-state index contributed by atoms with van der Waals surface area (Å²) in [7, 11) is 0. The minimum atomic E-state index is -0.717. The van der Waals surface area contributed by atoms with Crippen LogP contribution in [0.5, 0.6) is 0 Å². The summed E-state index contributed by atoms with van der Waals surface area (Å²) >= 11 is 0. The number of imide groups is 1. The molecule has 2 aromatic rings. The van der Waals surface area contributed by atoms with Gasteiger partial charge in [0.1, 0.15) is 6.04 Å². The van der Waals surface area contributed by atoms with Crippen LogP contribution < -0.4 is 15.5 Å². The summed E-state index contributed by atoms with van der Waals surface area (Å²) < 4.78 is 0. The predicted octanol–water partition coefficient (Wildman–Crippen LogP) is 2.59. The molecule has 0 unspecified atom stereocenters. The molecule has 7 heteroatoms. The minimum absolute atomic E-state index is 0.00744. The number of nitrogens with zero attached hydrogens (tertiary/aromatic N) is 1. The van der Waals surface area contributed by atoms with Gasteiger partial charge in [-0.05, 0) is 37.3 Å². The SMILES string of the molecule is CC(=O)Nc1cccc(N[C@H]2CC(=O)N(c3cccc(C(C)=O)c3)C2=O)c1. The quantitative estimate of drug-likeness (QED) is 0.627. The molecule has 7 nitrogen and oxygen atoms in total. The van der Waals surface area contributed by atoms with Crippen molar-refractivity contribution >= 4 is 40.6 Å². The lowest BCUT2D eigenvalue weighted by Gasteiger charge is -2.17. The molecule has 0 radical (unpaired) electrons. The van der Waals surface area contributed by atoms with Crippen LogP contribution in [0.2, 0.25) is 0 Å². The Hall–Kier alpha value is -3.48. The molecule has 2 N–H and O–H groups in total. The topological polar surface area (TPSA) is 95.6 Å². The van der Waals surface area contributed by atoms with Crippen LogP contribution in [0, 0.1) is 0 Å². The highest BCUT2D eigenvalue weighted by molar-refractivity contribution is 6.23. The Morgan fingerprint density at radius 1 is 1.00 bits per heavy atom. The fourth-order valence-electron chi connectivity index (χ4n) is 2.97. The number of Topliss-reactive ketones (excluding diaryl/α,β-unsaturated/α-hetero) is 1. The minimum Gasteiger partial charge on any atom is -0.373 e. The van der Waals surface area contributed by atoms with E-state index in [1.54, 1.807) is 42.5 Å². The van der Waals surface area contributed by atoms with Gasteiger partial charge in [0.05, 0.1) is 12.1 Å². The highest BCUT2D eigenvalue weighted by atomic mass is 16.2. The molecule has 0 bridgehead atoms. The molecule has 1 saturated heterocycles. The lowest BCUT2D eigenvalue weighted by molar-refractivity contribution is -0.121. The van der Waals surface area contributed by atoms with Gasteiger partial charge in [0, 0.05) is 23.9 Å². The maximum atomic E-state index is 12.8. The Balaban J connectivity index is 1.79. The van der Waals surface area contributed by atoms with Crippen molar-refractivity contribution in [3.63, 3.8) is 0 Å². The fourth-order valence-corrected chi connectivity index (χ4v) is 2.97. The van der Waals surface area contributed by atoms with Crippen LogP contribution in [0.4, 0.5) is 17.1 Å². The highest BCUT2D eigenvalue weighted by Crippen LogP contribution is 2.26. The van der Waals surface area contributed by atoms with Crippen LogP contribution >= 0.6 is 0 Å². The molecule has 0 saturated carbocycles. The molecule has 2 aromatic carbocycles. The molecule has 1 heterocycles. The maximum absolute atomic E-state index is 12.8. The number of carbonyl (C=O) groups excluding carboxylic acids is 4. The molecule has 1 aliphatic rings. The van der Waals surface area contributed by atoms with Crippen LogP contribution in [-0.2, 0) is 14.4 Å². The Morgan fingerprint density at radius 3 is 2.41 bits per heavy atom. The third-order valence-corrected chi connectivity index (χ3v) is 4.18. The van der Waals surface area contributed by atoms with Gasteiger partial charge in [-0.15, -0.1) is 0 Å². The van der Waals surface area contributed by atoms with E-state index in [1.807, 2.05) is 0 Å². The van der Waals surface area contributed by atoms with Crippen molar-refractivity contribution in [2.75, 3.05) is 15.5 Å². The average Bonchev–Trinajstić information content (AvgIpc) is 2.88. The van der Waals surface area contributed by atoms with E-state index in [2.05, 4.69) is 10.6 Å². The van der Waals surface area contributed by atoms with Gasteiger partial charge >= 0.3 is 0 Å². The number of amides is 3. The fraction of sp³-hybridized carbons (Fsp3) is 0.200. The van der Waals surface area contributed by atoms with Crippen LogP contribution in [0.25, 0.3) is 0 Å². The predicted molar refractivity (Wildman–Crippen MR) is 102 cm³/mol. The number of ketones is 1. The van der Waals surface area contributed by atoms with E-state index in [4.69, 9.17) is 0 Å². The van der Waals surface area contributed by atoms with E-state index in [9.17, 15) is 19.2 Å². The summed E-state index contributed by atoms with van der Waals surface area (Å²) in [6.45, 7) is 2.84. The third-order valence-electron chi connectivity index (χ3n) is 4.18. The number of benzene rings is 2. The summed E-state index contributed by atoms with van der Waals surface area (Å²) in [5.74, 6) is -1.06. The summed E-state index contributed by atoms with van der Waals surface area (Å²) in [5, 5.41) is 5.71. The molecule has 1 atom stereocenters. The van der Waals surface area contributed by atoms with Gasteiger partial charge in [0.15, 0.2) is 5.78 Å². The average molecular weight is 365 g/mol. The lowest BCUT2D eigenvalue weighted by Crippen LogP contribution is -2.34. The Labute approximate surface area is 156 Å². The van der Waals surface area contributed by atoms with Gasteiger partial charge in [-0.3, -0.25) is 19.2 Å². The van der Waals surface area contributed by atoms with Crippen LogP contribution in [-0.4, -0.2) is 29.5 Å². The Bertz CT molecular complexity index is 938. The van der Waals surface area contributed by atoms with Crippen molar-refractivity contribution in [1.29, 1.82) is 0 Å². The summed E-state index contributed by atoms with van der Waals surface area (Å²) in [4.78, 5) is 49.0. The molecule has 138 valence electrons. The molecule has 27 heavy (non-hydrogen) atoms. The first-order chi connectivity index (χ1) is 12.8. The normalized spacial score (nSPS) is 16.4. The van der Waals surface area contributed by atoms with Crippen molar-refractivity contribution in [2.24, 2.45) is 0 Å². The van der Waals surface area contributed by atoms with E-state index in [1.165, 1.54) is 19.9 Å². The zero-order valence-electron chi connectivity index (χ0n) is 15.0. The lowest BCUT2D eigenvalue weighted by atomic mass is 10.1. The van der Waals surface area contributed by atoms with Crippen molar-refractivity contribution in [3.8, 4) is 0 Å². The smallest absolute Gasteiger partial charge is 0.256 e. The number of carbonyl (C=O) groups is 4. The zero-order chi connectivity index (χ0) is 19.6. The van der Waals surface area contributed by atoms with Gasteiger partial charge in [-0.25, -0.2) is 4.90 Å². The molecule has 3 amide bonds. The molecular weight excluding hydrogens is 346 g/mol. The second kappa shape index (κ2) is 7.41. The highest BCUT2D eigenvalue weighted by Gasteiger charge is 2.39. The molecule has 1 fully saturated rings. The van der Waals surface area contributed by atoms with Gasteiger partial charge in [0.25, 0.3) is 5.91 Å². The molecule has 0 spiro atoms. The Morgan fingerprint density at radius 2 is 1.70 bits per heavy atom. The molecule has 0 aliphatic carbocycles. The van der Waals surface area contributed by atoms with E-state index >= 15 is 0 Å². The second-order valence-electron chi connectivity index (χ2n) is 6.34. The van der Waals surface area contributed by atoms with Crippen LogP contribution in [0.15, 0.2) is 48.5 Å². The van der Waals surface area contributed by atoms with E-state index in [0.717, 1.165) is 4.90 Å². The number of anilines is 3. The van der Waals surface area contributed by atoms with E-state index in [-0.39, 0.29) is 29.9 Å². The zero-order valence-corrected chi connectivity index (χ0v) is 15.0. The molecular formula is C20H19N3O4. The van der Waals surface area contributed by atoms with Gasteiger partial charge < -0.3 is 10.6 Å². The second-order valence-corrected chi connectivity index (χ2v) is 6.34. The number of hydrogen-bond donors (Lipinski definition) is 2. The first-order valence-electron chi connectivity index (χ1n) is 8.47.